The van der Waals surface area contributed by atoms with Crippen LogP contribution in [0.2, 0.25) is 0 Å². The Morgan fingerprint density at radius 1 is 1.27 bits per heavy atom. The van der Waals surface area contributed by atoms with Crippen molar-refractivity contribution < 1.29 is 9.53 Å². The SMILES string of the molecule is C[C@@H]1CCC[C@H](OCC(=O)N2CCC[C@]3(CC=CCC3)C2)C1. The molecule has 3 heteroatoms. The van der Waals surface area contributed by atoms with Crippen LogP contribution in [-0.4, -0.2) is 36.6 Å². The van der Waals surface area contributed by atoms with Crippen LogP contribution in [0.1, 0.15) is 64.7 Å². The van der Waals surface area contributed by atoms with E-state index in [-0.39, 0.29) is 5.91 Å². The highest BCUT2D eigenvalue weighted by Crippen LogP contribution is 2.40. The van der Waals surface area contributed by atoms with E-state index in [1.54, 1.807) is 0 Å². The molecular weight excluding hydrogens is 274 g/mol. The Labute approximate surface area is 135 Å². The number of carbonyl (C=O) groups excluding carboxylic acids is 1. The highest BCUT2D eigenvalue weighted by atomic mass is 16.5. The number of ether oxygens (including phenoxy) is 1. The van der Waals surface area contributed by atoms with Gasteiger partial charge in [-0.25, -0.2) is 0 Å². The lowest BCUT2D eigenvalue weighted by atomic mass is 9.71. The van der Waals surface area contributed by atoms with Crippen LogP contribution in [0.3, 0.4) is 0 Å². The summed E-state index contributed by atoms with van der Waals surface area (Å²) < 4.78 is 5.94. The second kappa shape index (κ2) is 7.16. The first kappa shape index (κ1) is 16.0. The van der Waals surface area contributed by atoms with Crippen molar-refractivity contribution in [3.63, 3.8) is 0 Å². The van der Waals surface area contributed by atoms with E-state index >= 15 is 0 Å². The fourth-order valence-corrected chi connectivity index (χ4v) is 4.54. The third-order valence-corrected chi connectivity index (χ3v) is 5.90. The Morgan fingerprint density at radius 3 is 2.95 bits per heavy atom. The zero-order chi connectivity index (χ0) is 15.4. The van der Waals surface area contributed by atoms with Crippen LogP contribution in [-0.2, 0) is 9.53 Å². The fraction of sp³-hybridized carbons (Fsp3) is 0.842. The molecule has 0 aromatic carbocycles. The van der Waals surface area contributed by atoms with Gasteiger partial charge in [0.1, 0.15) is 6.61 Å². The zero-order valence-corrected chi connectivity index (χ0v) is 14.1. The number of hydrogen-bond donors (Lipinski definition) is 0. The smallest absolute Gasteiger partial charge is 0.248 e. The van der Waals surface area contributed by atoms with Gasteiger partial charge in [0, 0.05) is 13.1 Å². The average molecular weight is 305 g/mol. The van der Waals surface area contributed by atoms with Gasteiger partial charge in [-0.15, -0.1) is 0 Å². The van der Waals surface area contributed by atoms with E-state index in [1.165, 1.54) is 32.1 Å². The number of nitrogens with zero attached hydrogens (tertiary/aromatic N) is 1. The van der Waals surface area contributed by atoms with Crippen LogP contribution in [0.25, 0.3) is 0 Å². The number of rotatable bonds is 3. The molecule has 3 rings (SSSR count). The fourth-order valence-electron chi connectivity index (χ4n) is 4.54. The maximum Gasteiger partial charge on any atom is 0.248 e. The first-order chi connectivity index (χ1) is 10.7. The molecule has 0 unspecified atom stereocenters. The first-order valence-corrected chi connectivity index (χ1v) is 9.21. The summed E-state index contributed by atoms with van der Waals surface area (Å²) in [7, 11) is 0. The van der Waals surface area contributed by atoms with Crippen LogP contribution in [0.4, 0.5) is 0 Å². The monoisotopic (exact) mass is 305 g/mol. The Bertz CT molecular complexity index is 420. The Morgan fingerprint density at radius 2 is 2.18 bits per heavy atom. The van der Waals surface area contributed by atoms with Crippen molar-refractivity contribution >= 4 is 5.91 Å². The summed E-state index contributed by atoms with van der Waals surface area (Å²) in [6.45, 7) is 4.46. The van der Waals surface area contributed by atoms with Gasteiger partial charge in [-0.1, -0.05) is 31.9 Å². The quantitative estimate of drug-likeness (QED) is 0.739. The molecular formula is C19H31NO2. The molecule has 1 saturated heterocycles. The van der Waals surface area contributed by atoms with E-state index in [0.717, 1.165) is 44.7 Å². The predicted octanol–water partition coefficient (Wildman–Crippen LogP) is 3.93. The van der Waals surface area contributed by atoms with E-state index in [1.807, 2.05) is 0 Å². The summed E-state index contributed by atoms with van der Waals surface area (Å²) in [5.74, 6) is 0.966. The van der Waals surface area contributed by atoms with E-state index in [0.29, 0.717) is 18.1 Å². The number of likely N-dealkylation sites (tertiary alicyclic amines) is 1. The summed E-state index contributed by atoms with van der Waals surface area (Å²) in [5, 5.41) is 0. The lowest BCUT2D eigenvalue weighted by Gasteiger charge is -2.44. The molecule has 1 aliphatic heterocycles. The summed E-state index contributed by atoms with van der Waals surface area (Å²) in [6.07, 6.45) is 15.7. The Balaban J connectivity index is 1.48. The molecule has 1 heterocycles. The molecule has 0 aromatic heterocycles. The zero-order valence-electron chi connectivity index (χ0n) is 14.1. The highest BCUT2D eigenvalue weighted by Gasteiger charge is 2.36. The predicted molar refractivity (Wildman–Crippen MR) is 88.6 cm³/mol. The molecule has 1 amide bonds. The van der Waals surface area contributed by atoms with Crippen molar-refractivity contribution in [1.82, 2.24) is 4.90 Å². The van der Waals surface area contributed by atoms with Crippen molar-refractivity contribution in [2.45, 2.75) is 70.8 Å². The minimum Gasteiger partial charge on any atom is -0.368 e. The van der Waals surface area contributed by atoms with Gasteiger partial charge in [0.05, 0.1) is 6.10 Å². The standard InChI is InChI=1S/C19H31NO2/c1-16-7-5-8-17(13-16)22-14-18(21)20-12-6-11-19(15-20)9-3-2-4-10-19/h2-3,16-17H,4-15H2,1H3/t16-,17+,19-/m1/s1. The summed E-state index contributed by atoms with van der Waals surface area (Å²) in [4.78, 5) is 14.6. The molecule has 124 valence electrons. The normalized spacial score (nSPS) is 35.8. The minimum absolute atomic E-state index is 0.215. The van der Waals surface area contributed by atoms with Gasteiger partial charge >= 0.3 is 0 Å². The van der Waals surface area contributed by atoms with Crippen LogP contribution < -0.4 is 0 Å². The number of piperidine rings is 1. The Hall–Kier alpha value is -0.830. The number of carbonyl (C=O) groups is 1. The lowest BCUT2D eigenvalue weighted by Crippen LogP contribution is -2.48. The maximum absolute atomic E-state index is 12.5. The van der Waals surface area contributed by atoms with Gasteiger partial charge in [0.15, 0.2) is 0 Å². The Kier molecular flexibility index (Phi) is 5.22. The molecule has 0 N–H and O–H groups in total. The number of allylic oxidation sites excluding steroid dienone is 2. The van der Waals surface area contributed by atoms with Crippen LogP contribution >= 0.6 is 0 Å². The molecule has 3 atom stereocenters. The molecule has 0 radical (unpaired) electrons. The average Bonchev–Trinajstić information content (AvgIpc) is 2.53. The van der Waals surface area contributed by atoms with Gasteiger partial charge in [-0.2, -0.15) is 0 Å². The lowest BCUT2D eigenvalue weighted by molar-refractivity contribution is -0.142. The van der Waals surface area contributed by atoms with Crippen LogP contribution in [0.5, 0.6) is 0 Å². The molecule has 3 aliphatic rings. The minimum atomic E-state index is 0.215. The highest BCUT2D eigenvalue weighted by molar-refractivity contribution is 5.77. The van der Waals surface area contributed by atoms with E-state index in [2.05, 4.69) is 24.0 Å². The molecule has 1 spiro atoms. The van der Waals surface area contributed by atoms with Gasteiger partial charge in [-0.3, -0.25) is 4.79 Å². The van der Waals surface area contributed by atoms with Crippen molar-refractivity contribution in [3.8, 4) is 0 Å². The molecule has 0 aromatic rings. The van der Waals surface area contributed by atoms with Crippen molar-refractivity contribution in [2.24, 2.45) is 11.3 Å². The van der Waals surface area contributed by atoms with Crippen molar-refractivity contribution in [1.29, 1.82) is 0 Å². The van der Waals surface area contributed by atoms with Gasteiger partial charge in [-0.05, 0) is 56.3 Å². The summed E-state index contributed by atoms with van der Waals surface area (Å²) in [6, 6.07) is 0. The second-order valence-corrected chi connectivity index (χ2v) is 7.84. The van der Waals surface area contributed by atoms with Crippen molar-refractivity contribution in [3.05, 3.63) is 12.2 Å². The molecule has 3 nitrogen and oxygen atoms in total. The third-order valence-electron chi connectivity index (χ3n) is 5.90. The van der Waals surface area contributed by atoms with E-state index in [4.69, 9.17) is 4.74 Å². The van der Waals surface area contributed by atoms with Crippen molar-refractivity contribution in [2.75, 3.05) is 19.7 Å². The van der Waals surface area contributed by atoms with Gasteiger partial charge < -0.3 is 9.64 Å². The number of hydrogen-bond acceptors (Lipinski definition) is 2. The molecule has 0 bridgehead atoms. The largest absolute Gasteiger partial charge is 0.368 e. The molecule has 2 fully saturated rings. The van der Waals surface area contributed by atoms with Gasteiger partial charge in [0.2, 0.25) is 5.91 Å². The number of amides is 1. The van der Waals surface area contributed by atoms with Crippen LogP contribution in [0, 0.1) is 11.3 Å². The van der Waals surface area contributed by atoms with Gasteiger partial charge in [0.25, 0.3) is 0 Å². The maximum atomic E-state index is 12.5. The van der Waals surface area contributed by atoms with Crippen LogP contribution in [0.15, 0.2) is 12.2 Å². The molecule has 2 aliphatic carbocycles. The molecule has 1 saturated carbocycles. The topological polar surface area (TPSA) is 29.5 Å². The third kappa shape index (κ3) is 3.92. The van der Waals surface area contributed by atoms with E-state index in [9.17, 15) is 4.79 Å². The summed E-state index contributed by atoms with van der Waals surface area (Å²) in [5.41, 5.74) is 0.363. The first-order valence-electron chi connectivity index (χ1n) is 9.21. The van der Waals surface area contributed by atoms with E-state index < -0.39 is 0 Å². The summed E-state index contributed by atoms with van der Waals surface area (Å²) >= 11 is 0. The molecule has 22 heavy (non-hydrogen) atoms. The second-order valence-electron chi connectivity index (χ2n) is 7.84.